The van der Waals surface area contributed by atoms with E-state index in [1.54, 1.807) is 30.3 Å². The Morgan fingerprint density at radius 1 is 1.10 bits per heavy atom. The minimum absolute atomic E-state index is 0.281. The molecule has 0 saturated heterocycles. The lowest BCUT2D eigenvalue weighted by Crippen LogP contribution is -2.14. The second-order valence-electron chi connectivity index (χ2n) is 4.68. The summed E-state index contributed by atoms with van der Waals surface area (Å²) in [4.78, 5) is 12.3. The average molecular weight is 324 g/mol. The van der Waals surface area contributed by atoms with E-state index in [4.69, 9.17) is 29.0 Å². The van der Waals surface area contributed by atoms with Gasteiger partial charge in [-0.1, -0.05) is 29.3 Å². The molecular weight excluding hydrogens is 309 g/mol. The van der Waals surface area contributed by atoms with Crippen molar-refractivity contribution >= 4 is 40.5 Å². The summed E-state index contributed by atoms with van der Waals surface area (Å²) in [6, 6.07) is 8.65. The highest BCUT2D eigenvalue weighted by atomic mass is 35.5. The Kier molecular flexibility index (Phi) is 4.73. The normalized spacial score (nSPS) is 10.3. The second kappa shape index (κ2) is 6.35. The summed E-state index contributed by atoms with van der Waals surface area (Å²) in [5, 5.41) is 3.58. The third-order valence-electron chi connectivity index (χ3n) is 3.17. The van der Waals surface area contributed by atoms with Crippen molar-refractivity contribution in [3.8, 4) is 0 Å². The third-order valence-corrected chi connectivity index (χ3v) is 3.97. The molecule has 0 unspecified atom stereocenters. The minimum Gasteiger partial charge on any atom is -0.324 e. The Labute approximate surface area is 133 Å². The van der Waals surface area contributed by atoms with E-state index < -0.39 is 0 Å². The van der Waals surface area contributed by atoms with Crippen LogP contribution in [0.5, 0.6) is 0 Å². The first-order valence-electron chi connectivity index (χ1n) is 6.27. The van der Waals surface area contributed by atoms with Crippen LogP contribution in [0.15, 0.2) is 30.3 Å². The number of nitrogen functional groups attached to an aromatic ring is 1. The maximum absolute atomic E-state index is 12.3. The van der Waals surface area contributed by atoms with E-state index >= 15 is 0 Å². The van der Waals surface area contributed by atoms with E-state index in [0.29, 0.717) is 21.3 Å². The number of carbonyl (C=O) groups excluding carboxylic acids is 1. The summed E-state index contributed by atoms with van der Waals surface area (Å²) in [5.41, 5.74) is 5.95. The monoisotopic (exact) mass is 323 g/mol. The van der Waals surface area contributed by atoms with E-state index in [2.05, 4.69) is 10.7 Å². The van der Waals surface area contributed by atoms with Gasteiger partial charge in [0.15, 0.2) is 0 Å². The molecule has 0 heterocycles. The van der Waals surface area contributed by atoms with E-state index in [0.717, 1.165) is 16.8 Å². The van der Waals surface area contributed by atoms with Gasteiger partial charge >= 0.3 is 0 Å². The molecule has 2 aromatic carbocycles. The molecule has 0 saturated carbocycles. The Bertz CT molecular complexity index is 702. The number of halogens is 2. The number of hydrogen-bond acceptors (Lipinski definition) is 3. The van der Waals surface area contributed by atoms with Crippen LogP contribution in [0.1, 0.15) is 21.5 Å². The zero-order valence-corrected chi connectivity index (χ0v) is 13.1. The molecule has 0 radical (unpaired) electrons. The zero-order chi connectivity index (χ0) is 15.6. The number of hydrogen-bond donors (Lipinski definition) is 3. The van der Waals surface area contributed by atoms with Crippen molar-refractivity contribution < 1.29 is 4.79 Å². The molecule has 1 amide bonds. The summed E-state index contributed by atoms with van der Waals surface area (Å²) in [5.74, 6) is 5.09. The molecular formula is C15H15Cl2N3O. The highest BCUT2D eigenvalue weighted by Crippen LogP contribution is 2.33. The topological polar surface area (TPSA) is 67.2 Å². The van der Waals surface area contributed by atoms with Gasteiger partial charge in [0.1, 0.15) is 0 Å². The molecule has 6 heteroatoms. The highest BCUT2D eigenvalue weighted by molar-refractivity contribution is 6.40. The number of anilines is 2. The molecule has 0 spiro atoms. The number of carbonyl (C=O) groups is 1. The Hall–Kier alpha value is -1.75. The molecule has 2 aromatic rings. The summed E-state index contributed by atoms with van der Waals surface area (Å²) < 4.78 is 0. The zero-order valence-electron chi connectivity index (χ0n) is 11.6. The second-order valence-corrected chi connectivity index (χ2v) is 5.47. The maximum Gasteiger partial charge on any atom is 0.255 e. The van der Waals surface area contributed by atoms with Gasteiger partial charge in [-0.25, -0.2) is 0 Å². The highest BCUT2D eigenvalue weighted by Gasteiger charge is 2.14. The smallest absolute Gasteiger partial charge is 0.255 e. The first-order valence-corrected chi connectivity index (χ1v) is 7.03. The van der Waals surface area contributed by atoms with Crippen LogP contribution in [0.2, 0.25) is 10.0 Å². The molecule has 110 valence electrons. The molecule has 4 nitrogen and oxygen atoms in total. The molecule has 2 rings (SSSR count). The van der Waals surface area contributed by atoms with Crippen LogP contribution in [-0.2, 0) is 0 Å². The number of amides is 1. The van der Waals surface area contributed by atoms with E-state index in [-0.39, 0.29) is 5.91 Å². The summed E-state index contributed by atoms with van der Waals surface area (Å²) >= 11 is 12.3. The van der Waals surface area contributed by atoms with Gasteiger partial charge in [-0.2, -0.15) is 0 Å². The van der Waals surface area contributed by atoms with Gasteiger partial charge in [0.25, 0.3) is 5.91 Å². The van der Waals surface area contributed by atoms with Gasteiger partial charge in [-0.05, 0) is 49.2 Å². The van der Waals surface area contributed by atoms with Crippen molar-refractivity contribution in [2.24, 2.45) is 5.84 Å². The molecule has 21 heavy (non-hydrogen) atoms. The fourth-order valence-corrected chi connectivity index (χ4v) is 2.39. The average Bonchev–Trinajstić information content (AvgIpc) is 2.47. The predicted octanol–water partition coefficient (Wildman–Crippen LogP) is 4.15. The van der Waals surface area contributed by atoms with Crippen molar-refractivity contribution in [1.82, 2.24) is 0 Å². The molecule has 0 atom stereocenters. The lowest BCUT2D eigenvalue weighted by Gasteiger charge is -2.12. The lowest BCUT2D eigenvalue weighted by molar-refractivity contribution is 0.102. The lowest BCUT2D eigenvalue weighted by atomic mass is 10.1. The van der Waals surface area contributed by atoms with Crippen LogP contribution in [0.4, 0.5) is 11.4 Å². The van der Waals surface area contributed by atoms with Crippen molar-refractivity contribution in [1.29, 1.82) is 0 Å². The number of aryl methyl sites for hydroxylation is 2. The van der Waals surface area contributed by atoms with Gasteiger partial charge in [0.05, 0.1) is 21.4 Å². The van der Waals surface area contributed by atoms with E-state index in [1.807, 2.05) is 13.8 Å². The Morgan fingerprint density at radius 3 is 2.43 bits per heavy atom. The molecule has 0 fully saturated rings. The Balaban J connectivity index is 2.30. The molecule has 4 N–H and O–H groups in total. The van der Waals surface area contributed by atoms with E-state index in [9.17, 15) is 4.79 Å². The number of hydrazine groups is 1. The fraction of sp³-hybridized carbons (Fsp3) is 0.133. The SMILES string of the molecule is Cc1cc(C(=O)Nc2c(Cl)ccc(C)c2Cl)ccc1NN. The number of benzene rings is 2. The van der Waals surface area contributed by atoms with Crippen LogP contribution in [-0.4, -0.2) is 5.91 Å². The first kappa shape index (κ1) is 15.6. The summed E-state index contributed by atoms with van der Waals surface area (Å²) in [6.45, 7) is 3.71. The van der Waals surface area contributed by atoms with Crippen molar-refractivity contribution in [3.05, 3.63) is 57.1 Å². The first-order chi connectivity index (χ1) is 9.93. The van der Waals surface area contributed by atoms with Gasteiger partial charge in [-0.15, -0.1) is 0 Å². The molecule has 0 bridgehead atoms. The van der Waals surface area contributed by atoms with Crippen molar-refractivity contribution in [3.63, 3.8) is 0 Å². The largest absolute Gasteiger partial charge is 0.324 e. The predicted molar refractivity (Wildman–Crippen MR) is 88.1 cm³/mol. The molecule has 0 aliphatic heterocycles. The minimum atomic E-state index is -0.281. The number of nitrogens with two attached hydrogens (primary N) is 1. The summed E-state index contributed by atoms with van der Waals surface area (Å²) in [6.07, 6.45) is 0. The van der Waals surface area contributed by atoms with Crippen LogP contribution in [0.25, 0.3) is 0 Å². The fourth-order valence-electron chi connectivity index (χ4n) is 1.92. The van der Waals surface area contributed by atoms with Crippen molar-refractivity contribution in [2.75, 3.05) is 10.7 Å². The number of rotatable bonds is 3. The van der Waals surface area contributed by atoms with Crippen molar-refractivity contribution in [2.45, 2.75) is 13.8 Å². The molecule has 0 aromatic heterocycles. The van der Waals surface area contributed by atoms with Gasteiger partial charge in [-0.3, -0.25) is 10.6 Å². The standard InChI is InChI=1S/C15H15Cl2N3O/c1-8-3-5-11(16)14(13(8)17)19-15(21)10-4-6-12(20-18)9(2)7-10/h3-7,20H,18H2,1-2H3,(H,19,21). The van der Waals surface area contributed by atoms with Crippen LogP contribution in [0, 0.1) is 13.8 Å². The third kappa shape index (κ3) is 3.29. The van der Waals surface area contributed by atoms with Gasteiger partial charge in [0, 0.05) is 5.56 Å². The Morgan fingerprint density at radius 2 is 1.81 bits per heavy atom. The summed E-state index contributed by atoms with van der Waals surface area (Å²) in [7, 11) is 0. The van der Waals surface area contributed by atoms with Gasteiger partial charge < -0.3 is 10.7 Å². The van der Waals surface area contributed by atoms with Gasteiger partial charge in [0.2, 0.25) is 0 Å². The van der Waals surface area contributed by atoms with Crippen LogP contribution in [0.3, 0.4) is 0 Å². The molecule has 0 aliphatic carbocycles. The number of nitrogens with one attached hydrogen (secondary N) is 2. The maximum atomic E-state index is 12.3. The van der Waals surface area contributed by atoms with E-state index in [1.165, 1.54) is 0 Å². The molecule has 0 aliphatic rings. The quantitative estimate of drug-likeness (QED) is 0.587. The van der Waals surface area contributed by atoms with Crippen LogP contribution < -0.4 is 16.6 Å². The van der Waals surface area contributed by atoms with Crippen LogP contribution >= 0.6 is 23.2 Å².